The quantitative estimate of drug-likeness (QED) is 0.106. The number of anilines is 1. The van der Waals surface area contributed by atoms with Crippen molar-refractivity contribution in [1.29, 1.82) is 0 Å². The Bertz CT molecular complexity index is 1010. The topological polar surface area (TPSA) is 174 Å². The van der Waals surface area contributed by atoms with E-state index in [1.807, 2.05) is 0 Å². The lowest BCUT2D eigenvalue weighted by Gasteiger charge is -2.21. The van der Waals surface area contributed by atoms with E-state index in [1.54, 1.807) is 45.2 Å². The number of carbonyl (C=O) groups is 6. The Morgan fingerprint density at radius 2 is 1.59 bits per heavy atom. The summed E-state index contributed by atoms with van der Waals surface area (Å²) in [5.41, 5.74) is 1.22. The largest absolute Gasteiger partial charge is 0.392 e. The molecule has 1 unspecified atom stereocenters. The third-order valence-corrected chi connectivity index (χ3v) is 5.65. The van der Waals surface area contributed by atoms with Gasteiger partial charge in [-0.2, -0.15) is 0 Å². The van der Waals surface area contributed by atoms with Crippen LogP contribution in [0.25, 0.3) is 0 Å². The summed E-state index contributed by atoms with van der Waals surface area (Å²) >= 11 is 0. The fourth-order valence-corrected chi connectivity index (χ4v) is 3.37. The molecular formula is C27H39N5O7. The van der Waals surface area contributed by atoms with Crippen molar-refractivity contribution in [3.63, 3.8) is 0 Å². The molecule has 0 aliphatic carbocycles. The smallest absolute Gasteiger partial charge is 0.246 e. The fraction of sp³-hybridized carbons (Fsp3) is 0.481. The number of carbonyl (C=O) groups excluding carboxylic acids is 6. The third kappa shape index (κ3) is 13.9. The third-order valence-electron chi connectivity index (χ3n) is 5.65. The van der Waals surface area contributed by atoms with Crippen molar-refractivity contribution in [1.82, 2.24) is 20.9 Å². The average molecular weight is 546 g/mol. The van der Waals surface area contributed by atoms with Crippen LogP contribution in [-0.4, -0.2) is 78.6 Å². The highest BCUT2D eigenvalue weighted by molar-refractivity contribution is 5.96. The summed E-state index contributed by atoms with van der Waals surface area (Å²) in [4.78, 5) is 72.5. The number of unbranched alkanes of at least 4 members (excludes halogenated alkanes) is 2. The number of allylic oxidation sites excluding steroid dienone is 1. The van der Waals surface area contributed by atoms with Crippen LogP contribution in [0.3, 0.4) is 0 Å². The Hall–Kier alpha value is -4.06. The number of likely N-dealkylation sites (N-methyl/N-ethyl adjacent to an activating group) is 1. The van der Waals surface area contributed by atoms with Crippen molar-refractivity contribution in [2.45, 2.75) is 52.2 Å². The predicted octanol–water partition coefficient (Wildman–Crippen LogP) is 0.265. The Kier molecular flexibility index (Phi) is 15.4. The molecule has 0 radical (unpaired) electrons. The van der Waals surface area contributed by atoms with Crippen LogP contribution in [0.4, 0.5) is 5.69 Å². The van der Waals surface area contributed by atoms with Crippen molar-refractivity contribution in [2.75, 3.05) is 32.0 Å². The molecule has 0 spiro atoms. The van der Waals surface area contributed by atoms with Gasteiger partial charge in [-0.1, -0.05) is 32.4 Å². The number of aliphatic hydroxyl groups is 1. The van der Waals surface area contributed by atoms with E-state index >= 15 is 0 Å². The van der Waals surface area contributed by atoms with Crippen LogP contribution in [0.15, 0.2) is 36.4 Å². The van der Waals surface area contributed by atoms with Gasteiger partial charge in [-0.05, 0) is 42.5 Å². The number of aliphatic hydroxyl groups excluding tert-OH is 1. The van der Waals surface area contributed by atoms with E-state index in [1.165, 1.54) is 11.0 Å². The molecule has 0 aromatic heterocycles. The molecule has 0 fully saturated rings. The Morgan fingerprint density at radius 1 is 0.923 bits per heavy atom. The molecule has 39 heavy (non-hydrogen) atoms. The standard InChI is InChI=1S/C27H39N5O7/c1-19(2)26(27(39)29-17-23(36)30-21-12-10-20(18-34)11-13-21)31-24(37)16-28-22(35)8-5-4-6-14-32(3)25(38)9-7-15-33/h7,9-13,15,19,26,34H,4-6,8,14,16-18H2,1-3H3,(H,28,35)(H,29,39)(H,30,36)(H,31,37)/b9-7-. The van der Waals surface area contributed by atoms with E-state index in [0.717, 1.165) is 6.08 Å². The number of rotatable bonds is 17. The van der Waals surface area contributed by atoms with E-state index in [9.17, 15) is 28.8 Å². The first kappa shape index (κ1) is 33.0. The molecule has 0 aliphatic rings. The van der Waals surface area contributed by atoms with E-state index in [-0.39, 0.29) is 43.8 Å². The maximum absolute atomic E-state index is 12.6. The summed E-state index contributed by atoms with van der Waals surface area (Å²) in [5, 5.41) is 19.3. The maximum atomic E-state index is 12.6. The highest BCUT2D eigenvalue weighted by Crippen LogP contribution is 2.09. The van der Waals surface area contributed by atoms with Crippen molar-refractivity contribution in [3.8, 4) is 0 Å². The first-order chi connectivity index (χ1) is 18.6. The van der Waals surface area contributed by atoms with Gasteiger partial charge in [0.25, 0.3) is 0 Å². The number of amides is 5. The number of aldehydes is 1. The first-order valence-electron chi connectivity index (χ1n) is 12.8. The first-order valence-corrected chi connectivity index (χ1v) is 12.8. The van der Waals surface area contributed by atoms with Crippen LogP contribution in [-0.2, 0) is 35.4 Å². The monoisotopic (exact) mass is 545 g/mol. The van der Waals surface area contributed by atoms with Gasteiger partial charge >= 0.3 is 0 Å². The minimum absolute atomic E-state index is 0.109. The van der Waals surface area contributed by atoms with Crippen molar-refractivity contribution in [3.05, 3.63) is 42.0 Å². The lowest BCUT2D eigenvalue weighted by atomic mass is 10.0. The normalized spacial score (nSPS) is 11.5. The highest BCUT2D eigenvalue weighted by Gasteiger charge is 2.24. The lowest BCUT2D eigenvalue weighted by molar-refractivity contribution is -0.131. The van der Waals surface area contributed by atoms with Crippen LogP contribution >= 0.6 is 0 Å². The Labute approximate surface area is 228 Å². The van der Waals surface area contributed by atoms with Crippen LogP contribution < -0.4 is 21.3 Å². The van der Waals surface area contributed by atoms with Gasteiger partial charge in [0, 0.05) is 31.8 Å². The number of hydrogen-bond acceptors (Lipinski definition) is 7. The Morgan fingerprint density at radius 3 is 2.21 bits per heavy atom. The second-order valence-electron chi connectivity index (χ2n) is 9.25. The lowest BCUT2D eigenvalue weighted by Crippen LogP contribution is -2.52. The van der Waals surface area contributed by atoms with Gasteiger partial charge < -0.3 is 31.3 Å². The van der Waals surface area contributed by atoms with Gasteiger partial charge in [0.05, 0.1) is 19.7 Å². The van der Waals surface area contributed by atoms with Crippen molar-refractivity contribution >= 4 is 41.5 Å². The molecule has 5 amide bonds. The molecule has 0 saturated carbocycles. The van der Waals surface area contributed by atoms with E-state index in [0.29, 0.717) is 43.3 Å². The van der Waals surface area contributed by atoms with Crippen molar-refractivity contribution < 1.29 is 33.9 Å². The molecule has 1 atom stereocenters. The molecule has 214 valence electrons. The van der Waals surface area contributed by atoms with Gasteiger partial charge in [0.15, 0.2) is 0 Å². The van der Waals surface area contributed by atoms with Crippen LogP contribution in [0, 0.1) is 5.92 Å². The molecule has 1 aromatic carbocycles. The molecule has 0 aliphatic heterocycles. The van der Waals surface area contributed by atoms with Crippen LogP contribution in [0.2, 0.25) is 0 Å². The average Bonchev–Trinajstić information content (AvgIpc) is 2.92. The summed E-state index contributed by atoms with van der Waals surface area (Å²) in [6.45, 7) is 3.28. The summed E-state index contributed by atoms with van der Waals surface area (Å²) in [6, 6.07) is 5.70. The predicted molar refractivity (Wildman–Crippen MR) is 145 cm³/mol. The van der Waals surface area contributed by atoms with Gasteiger partial charge in [-0.3, -0.25) is 28.8 Å². The number of nitrogens with one attached hydrogen (secondary N) is 4. The summed E-state index contributed by atoms with van der Waals surface area (Å²) in [6.07, 6.45) is 5.03. The molecule has 1 rings (SSSR count). The van der Waals surface area contributed by atoms with E-state index in [4.69, 9.17) is 5.11 Å². The zero-order valence-electron chi connectivity index (χ0n) is 22.7. The minimum Gasteiger partial charge on any atom is -0.392 e. The number of benzene rings is 1. The SMILES string of the molecule is CC(C)C(NC(=O)CNC(=O)CCCCCN(C)C(=O)/C=C\C=O)C(=O)NCC(=O)Nc1ccc(CO)cc1. The Balaban J connectivity index is 2.33. The molecule has 12 nitrogen and oxygen atoms in total. The molecule has 1 aromatic rings. The van der Waals surface area contributed by atoms with Gasteiger partial charge in [0.2, 0.25) is 29.5 Å². The van der Waals surface area contributed by atoms with Gasteiger partial charge in [-0.25, -0.2) is 0 Å². The molecular weight excluding hydrogens is 506 g/mol. The number of nitrogens with zero attached hydrogens (tertiary/aromatic N) is 1. The summed E-state index contributed by atoms with van der Waals surface area (Å²) in [7, 11) is 1.63. The highest BCUT2D eigenvalue weighted by atomic mass is 16.3. The summed E-state index contributed by atoms with van der Waals surface area (Å²) < 4.78 is 0. The van der Waals surface area contributed by atoms with Gasteiger partial charge in [0.1, 0.15) is 12.3 Å². The zero-order chi connectivity index (χ0) is 29.2. The zero-order valence-corrected chi connectivity index (χ0v) is 22.7. The number of hydrogen-bond donors (Lipinski definition) is 5. The molecule has 0 bridgehead atoms. The molecule has 0 heterocycles. The molecule has 5 N–H and O–H groups in total. The second-order valence-corrected chi connectivity index (χ2v) is 9.25. The van der Waals surface area contributed by atoms with E-state index in [2.05, 4.69) is 21.3 Å². The van der Waals surface area contributed by atoms with E-state index < -0.39 is 23.8 Å². The second kappa shape index (κ2) is 18.2. The van der Waals surface area contributed by atoms with Crippen LogP contribution in [0.1, 0.15) is 45.1 Å². The maximum Gasteiger partial charge on any atom is 0.246 e. The van der Waals surface area contributed by atoms with Gasteiger partial charge in [-0.15, -0.1) is 0 Å². The molecule has 12 heteroatoms. The van der Waals surface area contributed by atoms with Crippen molar-refractivity contribution in [2.24, 2.45) is 5.92 Å². The molecule has 0 saturated heterocycles. The fourth-order valence-electron chi connectivity index (χ4n) is 3.37. The minimum atomic E-state index is -0.896. The van der Waals surface area contributed by atoms with Crippen LogP contribution in [0.5, 0.6) is 0 Å². The summed E-state index contributed by atoms with van der Waals surface area (Å²) in [5.74, 6) is -2.35.